The lowest BCUT2D eigenvalue weighted by Crippen LogP contribution is -2.45. The Labute approximate surface area is 135 Å². The SMILES string of the molecule is Cc1cc(CCC(=O)NC2CCCNC2)ccc1Br.Cl. The second-order valence-electron chi connectivity index (χ2n) is 5.19. The predicted octanol–water partition coefficient (Wildman–Crippen LogP) is 2.98. The van der Waals surface area contributed by atoms with Gasteiger partial charge < -0.3 is 10.6 Å². The van der Waals surface area contributed by atoms with Crippen LogP contribution in [0.15, 0.2) is 22.7 Å². The standard InChI is InChI=1S/C15H21BrN2O.ClH/c1-11-9-12(4-6-14(11)16)5-7-15(19)18-13-3-2-8-17-10-13;/h4,6,9,13,17H,2-3,5,7-8,10H2,1H3,(H,18,19);1H. The molecule has 1 aliphatic rings. The lowest BCUT2D eigenvalue weighted by Gasteiger charge is -2.23. The monoisotopic (exact) mass is 360 g/mol. The van der Waals surface area contributed by atoms with Crippen LogP contribution < -0.4 is 10.6 Å². The lowest BCUT2D eigenvalue weighted by molar-refractivity contribution is -0.121. The highest BCUT2D eigenvalue weighted by Gasteiger charge is 2.14. The van der Waals surface area contributed by atoms with E-state index in [1.807, 2.05) is 6.07 Å². The summed E-state index contributed by atoms with van der Waals surface area (Å²) in [6.07, 6.45) is 3.62. The first-order valence-corrected chi connectivity index (χ1v) is 7.69. The van der Waals surface area contributed by atoms with Gasteiger partial charge in [-0.2, -0.15) is 0 Å². The Morgan fingerprint density at radius 2 is 2.30 bits per heavy atom. The van der Waals surface area contributed by atoms with Crippen molar-refractivity contribution in [2.75, 3.05) is 13.1 Å². The molecule has 5 heteroatoms. The number of hydrogen-bond acceptors (Lipinski definition) is 2. The number of piperidine rings is 1. The molecular formula is C15H22BrClN2O. The molecule has 20 heavy (non-hydrogen) atoms. The van der Waals surface area contributed by atoms with E-state index in [1.165, 1.54) is 11.1 Å². The molecule has 0 bridgehead atoms. The smallest absolute Gasteiger partial charge is 0.220 e. The van der Waals surface area contributed by atoms with Crippen LogP contribution in [0.1, 0.15) is 30.4 Å². The third kappa shape index (κ3) is 5.43. The summed E-state index contributed by atoms with van der Waals surface area (Å²) >= 11 is 3.49. The summed E-state index contributed by atoms with van der Waals surface area (Å²) in [5, 5.41) is 6.41. The molecule has 0 saturated carbocycles. The number of carbonyl (C=O) groups excluding carboxylic acids is 1. The van der Waals surface area contributed by atoms with Gasteiger partial charge in [0.05, 0.1) is 0 Å². The van der Waals surface area contributed by atoms with Gasteiger partial charge in [0.2, 0.25) is 5.91 Å². The van der Waals surface area contributed by atoms with E-state index in [4.69, 9.17) is 0 Å². The van der Waals surface area contributed by atoms with Crippen molar-refractivity contribution in [3.05, 3.63) is 33.8 Å². The fraction of sp³-hybridized carbons (Fsp3) is 0.533. The fourth-order valence-electron chi connectivity index (χ4n) is 2.40. The highest BCUT2D eigenvalue weighted by molar-refractivity contribution is 9.10. The summed E-state index contributed by atoms with van der Waals surface area (Å²) in [6.45, 7) is 4.05. The van der Waals surface area contributed by atoms with Crippen molar-refractivity contribution >= 4 is 34.2 Å². The molecule has 0 aromatic heterocycles. The first-order valence-electron chi connectivity index (χ1n) is 6.90. The number of aryl methyl sites for hydroxylation is 2. The van der Waals surface area contributed by atoms with Crippen molar-refractivity contribution in [2.24, 2.45) is 0 Å². The normalized spacial score (nSPS) is 18.2. The molecule has 0 radical (unpaired) electrons. The van der Waals surface area contributed by atoms with Gasteiger partial charge in [-0.15, -0.1) is 12.4 Å². The topological polar surface area (TPSA) is 41.1 Å². The number of rotatable bonds is 4. The Morgan fingerprint density at radius 1 is 1.50 bits per heavy atom. The zero-order valence-corrected chi connectivity index (χ0v) is 14.1. The lowest BCUT2D eigenvalue weighted by atomic mass is 10.1. The Kier molecular flexibility index (Phi) is 7.56. The zero-order chi connectivity index (χ0) is 13.7. The van der Waals surface area contributed by atoms with Crippen molar-refractivity contribution < 1.29 is 4.79 Å². The van der Waals surface area contributed by atoms with Crippen molar-refractivity contribution in [3.8, 4) is 0 Å². The van der Waals surface area contributed by atoms with Crippen LogP contribution in [0.3, 0.4) is 0 Å². The van der Waals surface area contributed by atoms with Crippen LogP contribution in [-0.4, -0.2) is 25.0 Å². The molecule has 1 aromatic rings. The van der Waals surface area contributed by atoms with Crippen molar-refractivity contribution in [1.29, 1.82) is 0 Å². The van der Waals surface area contributed by atoms with E-state index in [-0.39, 0.29) is 18.3 Å². The van der Waals surface area contributed by atoms with Crippen LogP contribution in [-0.2, 0) is 11.2 Å². The van der Waals surface area contributed by atoms with Crippen LogP contribution in [0.2, 0.25) is 0 Å². The maximum Gasteiger partial charge on any atom is 0.220 e. The Balaban J connectivity index is 0.00000200. The van der Waals surface area contributed by atoms with Crippen LogP contribution in [0.5, 0.6) is 0 Å². The Morgan fingerprint density at radius 3 is 2.95 bits per heavy atom. The molecule has 112 valence electrons. The van der Waals surface area contributed by atoms with E-state index < -0.39 is 0 Å². The van der Waals surface area contributed by atoms with Crippen molar-refractivity contribution in [3.63, 3.8) is 0 Å². The first-order chi connectivity index (χ1) is 9.15. The zero-order valence-electron chi connectivity index (χ0n) is 11.7. The van der Waals surface area contributed by atoms with Crippen LogP contribution >= 0.6 is 28.3 Å². The maximum atomic E-state index is 11.9. The quantitative estimate of drug-likeness (QED) is 0.865. The van der Waals surface area contributed by atoms with Gasteiger partial charge in [0, 0.05) is 23.5 Å². The van der Waals surface area contributed by atoms with Gasteiger partial charge in [0.15, 0.2) is 0 Å². The van der Waals surface area contributed by atoms with Gasteiger partial charge in [0.1, 0.15) is 0 Å². The molecule has 1 aliphatic heterocycles. The number of benzene rings is 1. The van der Waals surface area contributed by atoms with E-state index in [1.54, 1.807) is 0 Å². The van der Waals surface area contributed by atoms with E-state index in [9.17, 15) is 4.79 Å². The van der Waals surface area contributed by atoms with Gasteiger partial charge in [0.25, 0.3) is 0 Å². The molecule has 0 aliphatic carbocycles. The average molecular weight is 362 g/mol. The molecule has 1 atom stereocenters. The highest BCUT2D eigenvalue weighted by atomic mass is 79.9. The average Bonchev–Trinajstić information content (AvgIpc) is 2.41. The number of amides is 1. The van der Waals surface area contributed by atoms with E-state index in [2.05, 4.69) is 45.6 Å². The van der Waals surface area contributed by atoms with Crippen LogP contribution in [0.25, 0.3) is 0 Å². The molecule has 2 rings (SSSR count). The third-order valence-electron chi connectivity index (χ3n) is 3.53. The van der Waals surface area contributed by atoms with E-state index >= 15 is 0 Å². The largest absolute Gasteiger partial charge is 0.352 e. The number of hydrogen-bond donors (Lipinski definition) is 2. The van der Waals surface area contributed by atoms with Crippen molar-refractivity contribution in [1.82, 2.24) is 10.6 Å². The summed E-state index contributed by atoms with van der Waals surface area (Å²) in [4.78, 5) is 11.9. The maximum absolute atomic E-state index is 11.9. The molecule has 2 N–H and O–H groups in total. The van der Waals surface area contributed by atoms with E-state index in [0.29, 0.717) is 12.5 Å². The van der Waals surface area contributed by atoms with Gasteiger partial charge in [-0.3, -0.25) is 4.79 Å². The van der Waals surface area contributed by atoms with Gasteiger partial charge in [-0.05, 0) is 49.9 Å². The molecule has 1 aromatic carbocycles. The van der Waals surface area contributed by atoms with Crippen LogP contribution in [0, 0.1) is 6.92 Å². The van der Waals surface area contributed by atoms with Crippen LogP contribution in [0.4, 0.5) is 0 Å². The van der Waals surface area contributed by atoms with Gasteiger partial charge in [-0.25, -0.2) is 0 Å². The van der Waals surface area contributed by atoms with Gasteiger partial charge >= 0.3 is 0 Å². The highest BCUT2D eigenvalue weighted by Crippen LogP contribution is 2.17. The molecule has 1 unspecified atom stereocenters. The third-order valence-corrected chi connectivity index (χ3v) is 4.41. The second kappa shape index (κ2) is 8.65. The second-order valence-corrected chi connectivity index (χ2v) is 6.05. The predicted molar refractivity (Wildman–Crippen MR) is 88.5 cm³/mol. The summed E-state index contributed by atoms with van der Waals surface area (Å²) < 4.78 is 1.12. The minimum absolute atomic E-state index is 0. The minimum Gasteiger partial charge on any atom is -0.352 e. The Bertz CT molecular complexity index is 447. The number of carbonyl (C=O) groups is 1. The summed E-state index contributed by atoms with van der Waals surface area (Å²) in [5.74, 6) is 0.161. The summed E-state index contributed by atoms with van der Waals surface area (Å²) in [5.41, 5.74) is 2.44. The molecular weight excluding hydrogens is 340 g/mol. The fourth-order valence-corrected chi connectivity index (χ4v) is 2.64. The molecule has 3 nitrogen and oxygen atoms in total. The minimum atomic E-state index is 0. The molecule has 1 heterocycles. The molecule has 0 spiro atoms. The Hall–Kier alpha value is -0.580. The van der Waals surface area contributed by atoms with Crippen molar-refractivity contribution in [2.45, 2.75) is 38.6 Å². The summed E-state index contributed by atoms with van der Waals surface area (Å²) in [7, 11) is 0. The number of halogens is 2. The van der Waals surface area contributed by atoms with Gasteiger partial charge in [-0.1, -0.05) is 28.1 Å². The molecule has 1 fully saturated rings. The number of nitrogens with one attached hydrogen (secondary N) is 2. The molecule has 1 saturated heterocycles. The first kappa shape index (κ1) is 17.5. The van der Waals surface area contributed by atoms with E-state index in [0.717, 1.165) is 36.8 Å². The molecule has 1 amide bonds. The summed E-state index contributed by atoms with van der Waals surface area (Å²) in [6, 6.07) is 6.58.